The lowest BCUT2D eigenvalue weighted by Crippen LogP contribution is -2.43. The molecule has 0 radical (unpaired) electrons. The molecule has 1 saturated heterocycles. The molecule has 1 aliphatic heterocycles. The number of nitrogens with one attached hydrogen (secondary N) is 1. The number of piperidine rings is 1. The van der Waals surface area contributed by atoms with Gasteiger partial charge in [0.05, 0.1) is 12.2 Å². The van der Waals surface area contributed by atoms with Gasteiger partial charge < -0.3 is 10.2 Å². The van der Waals surface area contributed by atoms with Crippen molar-refractivity contribution in [2.75, 3.05) is 13.1 Å². The third kappa shape index (κ3) is 5.53. The molecular weight excluding hydrogens is 431 g/mol. The van der Waals surface area contributed by atoms with Crippen molar-refractivity contribution < 1.29 is 14.0 Å². The molecule has 2 heterocycles. The molecule has 4 rings (SSSR count). The normalized spacial score (nSPS) is 14.3. The molecule has 1 N–H and O–H groups in total. The zero-order valence-electron chi connectivity index (χ0n) is 20.0. The second-order valence-corrected chi connectivity index (χ2v) is 9.15. The second-order valence-electron chi connectivity index (χ2n) is 9.15. The number of halogens is 1. The predicted molar refractivity (Wildman–Crippen MR) is 129 cm³/mol. The summed E-state index contributed by atoms with van der Waals surface area (Å²) < 4.78 is 15.7. The summed E-state index contributed by atoms with van der Waals surface area (Å²) in [5.74, 6) is -0.460. The molecule has 3 aromatic rings. The smallest absolute Gasteiger partial charge is 0.253 e. The van der Waals surface area contributed by atoms with Crippen molar-refractivity contribution in [3.8, 4) is 0 Å². The van der Waals surface area contributed by atoms with E-state index in [4.69, 9.17) is 0 Å². The van der Waals surface area contributed by atoms with Gasteiger partial charge in [0.15, 0.2) is 0 Å². The van der Waals surface area contributed by atoms with Crippen molar-refractivity contribution in [2.45, 2.75) is 46.7 Å². The van der Waals surface area contributed by atoms with Crippen LogP contribution in [0.3, 0.4) is 0 Å². The number of carbonyl (C=O) groups is 2. The minimum absolute atomic E-state index is 0.00999. The summed E-state index contributed by atoms with van der Waals surface area (Å²) >= 11 is 0. The number of aromatic nitrogens is 2. The number of rotatable bonds is 6. The molecule has 7 heteroatoms. The van der Waals surface area contributed by atoms with Crippen LogP contribution in [0.5, 0.6) is 0 Å². The number of aryl methyl sites for hydroxylation is 3. The summed E-state index contributed by atoms with van der Waals surface area (Å²) in [6.45, 7) is 7.70. The quantitative estimate of drug-likeness (QED) is 0.598. The lowest BCUT2D eigenvalue weighted by molar-refractivity contribution is -0.126. The first kappa shape index (κ1) is 23.7. The van der Waals surface area contributed by atoms with Gasteiger partial charge in [-0.25, -0.2) is 4.39 Å². The summed E-state index contributed by atoms with van der Waals surface area (Å²) in [7, 11) is 0. The Morgan fingerprint density at radius 1 is 1.03 bits per heavy atom. The molecule has 0 aliphatic carbocycles. The number of hydrogen-bond donors (Lipinski definition) is 1. The van der Waals surface area contributed by atoms with Crippen LogP contribution in [-0.4, -0.2) is 39.6 Å². The first-order valence-corrected chi connectivity index (χ1v) is 11.7. The second kappa shape index (κ2) is 10.2. The van der Waals surface area contributed by atoms with Gasteiger partial charge in [0.2, 0.25) is 5.91 Å². The van der Waals surface area contributed by atoms with Crippen LogP contribution in [0, 0.1) is 32.5 Å². The number of likely N-dealkylation sites (tertiary alicyclic amines) is 1. The van der Waals surface area contributed by atoms with E-state index in [1.165, 1.54) is 6.07 Å². The third-order valence-corrected chi connectivity index (χ3v) is 6.47. The largest absolute Gasteiger partial charge is 0.352 e. The highest BCUT2D eigenvalue weighted by atomic mass is 19.1. The monoisotopic (exact) mass is 462 g/mol. The van der Waals surface area contributed by atoms with Crippen molar-refractivity contribution in [1.82, 2.24) is 20.0 Å². The minimum atomic E-state index is -0.266. The number of benzene rings is 2. The van der Waals surface area contributed by atoms with Gasteiger partial charge in [-0.05, 0) is 74.6 Å². The minimum Gasteiger partial charge on any atom is -0.352 e. The molecule has 2 amide bonds. The van der Waals surface area contributed by atoms with Crippen LogP contribution in [0.4, 0.5) is 4.39 Å². The third-order valence-electron chi connectivity index (χ3n) is 6.47. The summed E-state index contributed by atoms with van der Waals surface area (Å²) in [5.41, 5.74) is 5.07. The van der Waals surface area contributed by atoms with Crippen molar-refractivity contribution in [3.05, 3.63) is 88.0 Å². The van der Waals surface area contributed by atoms with Crippen LogP contribution in [0.1, 0.15) is 51.3 Å². The maximum Gasteiger partial charge on any atom is 0.253 e. The van der Waals surface area contributed by atoms with Crippen molar-refractivity contribution in [3.63, 3.8) is 0 Å². The van der Waals surface area contributed by atoms with E-state index in [-0.39, 0.29) is 23.5 Å². The maximum absolute atomic E-state index is 13.7. The van der Waals surface area contributed by atoms with Crippen molar-refractivity contribution in [2.24, 2.45) is 5.92 Å². The lowest BCUT2D eigenvalue weighted by Gasteiger charge is -2.31. The van der Waals surface area contributed by atoms with Gasteiger partial charge in [0, 0.05) is 36.8 Å². The van der Waals surface area contributed by atoms with Gasteiger partial charge in [-0.1, -0.05) is 24.3 Å². The van der Waals surface area contributed by atoms with E-state index in [2.05, 4.69) is 10.4 Å². The molecule has 1 aromatic heterocycles. The summed E-state index contributed by atoms with van der Waals surface area (Å²) in [5, 5.41) is 7.41. The zero-order valence-corrected chi connectivity index (χ0v) is 20.0. The fraction of sp³-hybridized carbons (Fsp3) is 0.370. The molecule has 34 heavy (non-hydrogen) atoms. The van der Waals surface area contributed by atoms with E-state index >= 15 is 0 Å². The van der Waals surface area contributed by atoms with Crippen molar-refractivity contribution in [1.29, 1.82) is 0 Å². The van der Waals surface area contributed by atoms with Crippen LogP contribution >= 0.6 is 0 Å². The zero-order chi connectivity index (χ0) is 24.2. The molecule has 0 bridgehead atoms. The van der Waals surface area contributed by atoms with Gasteiger partial charge >= 0.3 is 0 Å². The van der Waals surface area contributed by atoms with Crippen LogP contribution in [-0.2, 0) is 17.9 Å². The Labute approximate surface area is 199 Å². The SMILES string of the molecule is Cc1cc(C)n(Cc2cccc(C(=O)N3CCC(C(=O)NCc4ccc(C)c(F)c4)CC3)c2)n1. The highest BCUT2D eigenvalue weighted by Crippen LogP contribution is 2.20. The number of carbonyl (C=O) groups excluding carboxylic acids is 2. The Balaban J connectivity index is 1.30. The van der Waals surface area contributed by atoms with E-state index in [0.717, 1.165) is 22.5 Å². The summed E-state index contributed by atoms with van der Waals surface area (Å²) in [6.07, 6.45) is 1.23. The van der Waals surface area contributed by atoms with Gasteiger partial charge in [0.25, 0.3) is 5.91 Å². The Bertz CT molecular complexity index is 1200. The molecule has 0 saturated carbocycles. The summed E-state index contributed by atoms with van der Waals surface area (Å²) in [4.78, 5) is 27.5. The number of amides is 2. The number of hydrogen-bond acceptors (Lipinski definition) is 3. The standard InChI is InChI=1S/C27H31FN4O2/c1-18-7-8-21(15-25(18)28)16-29-26(33)23-9-11-31(12-10-23)27(34)24-6-4-5-22(14-24)17-32-20(3)13-19(2)30-32/h4-8,13-15,23H,9-12,16-17H2,1-3H3,(H,29,33). The Hall–Kier alpha value is -3.48. The molecule has 1 aliphatic rings. The van der Waals surface area contributed by atoms with Gasteiger partial charge in [-0.3, -0.25) is 14.3 Å². The molecule has 2 aromatic carbocycles. The molecule has 6 nitrogen and oxygen atoms in total. The summed E-state index contributed by atoms with van der Waals surface area (Å²) in [6, 6.07) is 14.7. The molecule has 0 spiro atoms. The van der Waals surface area contributed by atoms with E-state index < -0.39 is 0 Å². The van der Waals surface area contributed by atoms with E-state index in [1.807, 2.05) is 59.8 Å². The van der Waals surface area contributed by atoms with Crippen LogP contribution in [0.2, 0.25) is 0 Å². The van der Waals surface area contributed by atoms with Crippen LogP contribution in [0.25, 0.3) is 0 Å². The highest BCUT2D eigenvalue weighted by Gasteiger charge is 2.27. The molecule has 1 fully saturated rings. The Kier molecular flexibility index (Phi) is 7.10. The predicted octanol–water partition coefficient (Wildman–Crippen LogP) is 4.16. The number of nitrogens with zero attached hydrogens (tertiary/aromatic N) is 3. The Morgan fingerprint density at radius 2 is 1.79 bits per heavy atom. The Morgan fingerprint density at radius 3 is 2.47 bits per heavy atom. The van der Waals surface area contributed by atoms with Crippen LogP contribution in [0.15, 0.2) is 48.5 Å². The van der Waals surface area contributed by atoms with E-state index in [0.29, 0.717) is 50.1 Å². The average molecular weight is 463 g/mol. The van der Waals surface area contributed by atoms with Gasteiger partial charge in [0.1, 0.15) is 5.82 Å². The first-order chi connectivity index (χ1) is 16.3. The maximum atomic E-state index is 13.7. The average Bonchev–Trinajstić information content (AvgIpc) is 3.15. The van der Waals surface area contributed by atoms with Gasteiger partial charge in [-0.2, -0.15) is 5.10 Å². The highest BCUT2D eigenvalue weighted by molar-refractivity contribution is 5.94. The molecule has 0 unspecified atom stereocenters. The van der Waals surface area contributed by atoms with Crippen LogP contribution < -0.4 is 5.32 Å². The molecular formula is C27H31FN4O2. The first-order valence-electron chi connectivity index (χ1n) is 11.7. The molecule has 0 atom stereocenters. The topological polar surface area (TPSA) is 67.2 Å². The fourth-order valence-corrected chi connectivity index (χ4v) is 4.42. The van der Waals surface area contributed by atoms with Crippen molar-refractivity contribution >= 4 is 11.8 Å². The van der Waals surface area contributed by atoms with Gasteiger partial charge in [-0.15, -0.1) is 0 Å². The molecule has 178 valence electrons. The fourth-order valence-electron chi connectivity index (χ4n) is 4.42. The van der Waals surface area contributed by atoms with E-state index in [9.17, 15) is 14.0 Å². The van der Waals surface area contributed by atoms with E-state index in [1.54, 1.807) is 13.0 Å². The lowest BCUT2D eigenvalue weighted by atomic mass is 9.95.